The third-order valence-corrected chi connectivity index (χ3v) is 8.33. The van der Waals surface area contributed by atoms with Crippen LogP contribution in [0.5, 0.6) is 0 Å². The number of halogens is 1. The minimum absolute atomic E-state index is 0.0632. The van der Waals surface area contributed by atoms with E-state index in [1.165, 1.54) is 4.57 Å². The average Bonchev–Trinajstić information content (AvgIpc) is 3.12. The maximum Gasteiger partial charge on any atom is 0.490 e. The SMILES string of the molecule is C=C1[C@@H](n2cnc3c(=O)[nH]c(N)nc32)C[C@H](O)[C@@]1(F)COP(=O)(O)OP(=O)(O)OP(=O)(O)O. The number of imidazole rings is 1. The molecule has 0 radical (unpaired) electrons. The molecule has 8 N–H and O–H groups in total. The second kappa shape index (κ2) is 8.45. The zero-order valence-corrected chi connectivity index (χ0v) is 18.8. The van der Waals surface area contributed by atoms with Gasteiger partial charge in [-0.05, 0) is 5.57 Å². The number of phosphoric ester groups is 1. The summed E-state index contributed by atoms with van der Waals surface area (Å²) in [7, 11) is -17.1. The molecule has 1 saturated carbocycles. The van der Waals surface area contributed by atoms with Crippen LogP contribution >= 0.6 is 23.5 Å². The Labute approximate surface area is 182 Å². The van der Waals surface area contributed by atoms with Crippen molar-refractivity contribution in [3.8, 4) is 0 Å². The zero-order valence-electron chi connectivity index (χ0n) is 16.1. The summed E-state index contributed by atoms with van der Waals surface area (Å²) in [6, 6.07) is -1.08. The highest BCUT2D eigenvalue weighted by atomic mass is 31.3. The number of aliphatic hydroxyl groups is 1. The molecule has 3 rings (SSSR count). The second-order valence-electron chi connectivity index (χ2n) is 6.79. The van der Waals surface area contributed by atoms with E-state index in [1.54, 1.807) is 0 Å². The third kappa shape index (κ3) is 5.48. The van der Waals surface area contributed by atoms with Gasteiger partial charge in [-0.2, -0.15) is 13.6 Å². The first-order valence-corrected chi connectivity index (χ1v) is 13.0. The van der Waals surface area contributed by atoms with Gasteiger partial charge in [0.25, 0.3) is 5.56 Å². The summed E-state index contributed by atoms with van der Waals surface area (Å²) >= 11 is 0. The number of hydrogen-bond acceptors (Lipinski definition) is 11. The number of aromatic nitrogens is 4. The number of H-pyrrole nitrogens is 1. The number of hydrogen-bond donors (Lipinski definition) is 7. The number of rotatable bonds is 8. The first kappa shape index (κ1) is 25.8. The molecule has 21 heteroatoms. The molecule has 0 spiro atoms. The van der Waals surface area contributed by atoms with Crippen LogP contribution in [-0.2, 0) is 26.8 Å². The third-order valence-electron chi connectivity index (χ3n) is 4.55. The number of fused-ring (bicyclic) bond motifs is 1. The van der Waals surface area contributed by atoms with Gasteiger partial charge in [0.15, 0.2) is 16.8 Å². The summed E-state index contributed by atoms with van der Waals surface area (Å²) in [6.45, 7) is 2.08. The molecule has 0 saturated heterocycles. The number of aromatic amines is 1. The molecule has 2 aromatic heterocycles. The molecular formula is C12H17FN5O12P3. The molecular weight excluding hydrogens is 518 g/mol. The van der Waals surface area contributed by atoms with Crippen molar-refractivity contribution in [3.05, 3.63) is 28.8 Å². The lowest BCUT2D eigenvalue weighted by molar-refractivity contribution is -0.00237. The molecule has 0 aromatic carbocycles. The van der Waals surface area contributed by atoms with Crippen molar-refractivity contribution in [1.82, 2.24) is 19.5 Å². The van der Waals surface area contributed by atoms with Crippen molar-refractivity contribution in [2.75, 3.05) is 12.3 Å². The van der Waals surface area contributed by atoms with Gasteiger partial charge in [-0.1, -0.05) is 6.58 Å². The molecule has 184 valence electrons. The number of nitrogen functional groups attached to an aromatic ring is 1. The second-order valence-corrected chi connectivity index (χ2v) is 11.2. The van der Waals surface area contributed by atoms with E-state index in [0.29, 0.717) is 0 Å². The molecule has 1 aliphatic carbocycles. The van der Waals surface area contributed by atoms with Gasteiger partial charge in [-0.25, -0.2) is 23.1 Å². The first-order chi connectivity index (χ1) is 14.9. The van der Waals surface area contributed by atoms with E-state index >= 15 is 4.39 Å². The Bertz CT molecular complexity index is 1310. The standard InChI is InChI=1S/C12H17FN5O12P3/c1-5-6(18-4-15-8-9(18)16-11(14)17-10(8)20)2-7(19)12(5,13)3-28-32(24,25)30-33(26,27)29-31(21,22)23/h4,6-7,19H,1-3H2,(H,24,25)(H,26,27)(H2,21,22,23)(H3,14,16,17,20)/t6-,7-,12+/m0/s1. The lowest BCUT2D eigenvalue weighted by Crippen LogP contribution is -2.38. The Morgan fingerprint density at radius 2 is 1.91 bits per heavy atom. The van der Waals surface area contributed by atoms with E-state index < -0.39 is 59.0 Å². The predicted molar refractivity (Wildman–Crippen MR) is 105 cm³/mol. The van der Waals surface area contributed by atoms with Crippen LogP contribution < -0.4 is 11.3 Å². The van der Waals surface area contributed by atoms with E-state index in [1.807, 2.05) is 0 Å². The molecule has 2 unspecified atom stereocenters. The van der Waals surface area contributed by atoms with Crippen LogP contribution in [0.3, 0.4) is 0 Å². The Kier molecular flexibility index (Phi) is 6.60. The van der Waals surface area contributed by atoms with Crippen LogP contribution in [0.25, 0.3) is 11.2 Å². The highest BCUT2D eigenvalue weighted by Gasteiger charge is 2.54. The van der Waals surface area contributed by atoms with Crippen molar-refractivity contribution in [2.24, 2.45) is 0 Å². The fraction of sp³-hybridized carbons (Fsp3) is 0.417. The van der Waals surface area contributed by atoms with Crippen molar-refractivity contribution >= 4 is 40.6 Å². The molecule has 33 heavy (non-hydrogen) atoms. The van der Waals surface area contributed by atoms with E-state index in [4.69, 9.17) is 20.4 Å². The topological polar surface area (TPSA) is 270 Å². The molecule has 0 aliphatic heterocycles. The van der Waals surface area contributed by atoms with Gasteiger partial charge in [0.1, 0.15) is 0 Å². The highest BCUT2D eigenvalue weighted by Crippen LogP contribution is 2.66. The Morgan fingerprint density at radius 1 is 1.27 bits per heavy atom. The quantitative estimate of drug-likeness (QED) is 0.168. The zero-order chi connectivity index (χ0) is 25.0. The van der Waals surface area contributed by atoms with Crippen LogP contribution in [0, 0.1) is 0 Å². The summed E-state index contributed by atoms with van der Waals surface area (Å²) in [5.74, 6) is -0.266. The molecule has 0 amide bonds. The highest BCUT2D eigenvalue weighted by molar-refractivity contribution is 7.66. The van der Waals surface area contributed by atoms with Gasteiger partial charge in [-0.15, -0.1) is 0 Å². The van der Waals surface area contributed by atoms with Crippen molar-refractivity contribution < 1.29 is 55.9 Å². The number of nitrogens with one attached hydrogen (secondary N) is 1. The fourth-order valence-corrected chi connectivity index (χ4v) is 6.20. The predicted octanol–water partition coefficient (Wildman–Crippen LogP) is -0.385. The summed E-state index contributed by atoms with van der Waals surface area (Å²) in [4.78, 5) is 57.6. The molecule has 5 atom stereocenters. The van der Waals surface area contributed by atoms with E-state index in [9.17, 15) is 28.5 Å². The van der Waals surface area contributed by atoms with Crippen molar-refractivity contribution in [3.63, 3.8) is 0 Å². The van der Waals surface area contributed by atoms with Crippen LogP contribution in [0.4, 0.5) is 10.3 Å². The monoisotopic (exact) mass is 535 g/mol. The normalized spacial score (nSPS) is 27.5. The van der Waals surface area contributed by atoms with Gasteiger partial charge < -0.3 is 35.0 Å². The lowest BCUT2D eigenvalue weighted by Gasteiger charge is -2.26. The van der Waals surface area contributed by atoms with E-state index in [-0.39, 0.29) is 23.5 Å². The van der Waals surface area contributed by atoms with Gasteiger partial charge in [0.05, 0.1) is 25.1 Å². The first-order valence-electron chi connectivity index (χ1n) is 8.51. The number of nitrogens with two attached hydrogens (primary N) is 1. The molecule has 1 fully saturated rings. The van der Waals surface area contributed by atoms with E-state index in [0.717, 1.165) is 6.33 Å². The fourth-order valence-electron chi connectivity index (χ4n) is 3.15. The maximum absolute atomic E-state index is 15.5. The average molecular weight is 535 g/mol. The van der Waals surface area contributed by atoms with Crippen LogP contribution in [-0.4, -0.2) is 62.6 Å². The Balaban J connectivity index is 1.81. The van der Waals surface area contributed by atoms with Crippen LogP contribution in [0.15, 0.2) is 23.3 Å². The minimum atomic E-state index is -5.81. The largest absolute Gasteiger partial charge is 0.490 e. The summed E-state index contributed by atoms with van der Waals surface area (Å²) in [5, 5.41) is 10.2. The number of phosphoric acid groups is 3. The lowest BCUT2D eigenvalue weighted by atomic mass is 9.99. The number of anilines is 1. The number of aliphatic hydroxyl groups excluding tert-OH is 1. The number of nitrogens with zero attached hydrogens (tertiary/aromatic N) is 3. The van der Waals surface area contributed by atoms with Gasteiger partial charge in [-0.3, -0.25) is 14.3 Å². The summed E-state index contributed by atoms with van der Waals surface area (Å²) < 4.78 is 62.0. The van der Waals surface area contributed by atoms with Crippen LogP contribution in [0.1, 0.15) is 12.5 Å². The van der Waals surface area contributed by atoms with Gasteiger partial charge in [0, 0.05) is 6.42 Å². The molecule has 2 aromatic rings. The number of alkyl halides is 1. The van der Waals surface area contributed by atoms with Crippen molar-refractivity contribution in [1.29, 1.82) is 0 Å². The Morgan fingerprint density at radius 3 is 2.52 bits per heavy atom. The van der Waals surface area contributed by atoms with Gasteiger partial charge >= 0.3 is 23.5 Å². The Hall–Kier alpha value is -1.81. The molecule has 0 bridgehead atoms. The summed E-state index contributed by atoms with van der Waals surface area (Å²) in [6.07, 6.45) is -1.16. The summed E-state index contributed by atoms with van der Waals surface area (Å²) in [5.41, 5.74) is 1.29. The molecule has 2 heterocycles. The maximum atomic E-state index is 15.5. The van der Waals surface area contributed by atoms with Crippen LogP contribution in [0.2, 0.25) is 0 Å². The van der Waals surface area contributed by atoms with Crippen molar-refractivity contribution in [2.45, 2.75) is 24.2 Å². The minimum Gasteiger partial charge on any atom is -0.389 e. The molecule has 1 aliphatic rings. The molecule has 17 nitrogen and oxygen atoms in total. The smallest absolute Gasteiger partial charge is 0.389 e. The van der Waals surface area contributed by atoms with Gasteiger partial charge in [0.2, 0.25) is 5.95 Å². The van der Waals surface area contributed by atoms with E-state index in [2.05, 4.69) is 34.7 Å².